The Hall–Kier alpha value is -2.66. The molecule has 0 atom stereocenters. The van der Waals surface area contributed by atoms with Gasteiger partial charge in [0.15, 0.2) is 0 Å². The highest BCUT2D eigenvalue weighted by atomic mass is 79.9. The summed E-state index contributed by atoms with van der Waals surface area (Å²) in [6, 6.07) is 20.9. The number of hydrogen-bond acceptors (Lipinski definition) is 2. The van der Waals surface area contributed by atoms with Crippen LogP contribution in [0.25, 0.3) is 0 Å². The van der Waals surface area contributed by atoms with Crippen molar-refractivity contribution in [2.75, 3.05) is 10.6 Å². The normalized spacial score (nSPS) is 10.5. The van der Waals surface area contributed by atoms with Crippen molar-refractivity contribution in [2.24, 2.45) is 0 Å². The molecule has 0 bridgehead atoms. The second kappa shape index (κ2) is 7.49. The van der Waals surface area contributed by atoms with E-state index in [1.807, 2.05) is 30.3 Å². The van der Waals surface area contributed by atoms with E-state index in [1.54, 1.807) is 41.3 Å². The molecular formula is C20H16BrFN2O. The standard InChI is InChI=1S/C20H16BrFN2O/c21-15-6-11-19(22)14(12-15)13-20(25)24(17-4-2-1-3-5-17)18-9-7-16(23)8-10-18/h1-12H,13,23H2. The van der Waals surface area contributed by atoms with Gasteiger partial charge in [-0.15, -0.1) is 0 Å². The fourth-order valence-electron chi connectivity index (χ4n) is 2.56. The second-order valence-corrected chi connectivity index (χ2v) is 6.48. The molecule has 25 heavy (non-hydrogen) atoms. The molecule has 0 saturated carbocycles. The number of nitrogens with two attached hydrogens (primary N) is 1. The van der Waals surface area contributed by atoms with Crippen molar-refractivity contribution < 1.29 is 9.18 Å². The molecule has 0 fully saturated rings. The molecule has 2 N–H and O–H groups in total. The molecule has 0 radical (unpaired) electrons. The summed E-state index contributed by atoms with van der Waals surface area (Å²) in [6.07, 6.45) is -0.0510. The number of rotatable bonds is 4. The van der Waals surface area contributed by atoms with E-state index < -0.39 is 5.82 Å². The van der Waals surface area contributed by atoms with Crippen molar-refractivity contribution in [3.63, 3.8) is 0 Å². The highest BCUT2D eigenvalue weighted by molar-refractivity contribution is 9.10. The van der Waals surface area contributed by atoms with E-state index in [1.165, 1.54) is 6.07 Å². The Labute approximate surface area is 154 Å². The van der Waals surface area contributed by atoms with Crippen LogP contribution in [0.4, 0.5) is 21.5 Å². The average molecular weight is 399 g/mol. The summed E-state index contributed by atoms with van der Waals surface area (Å²) < 4.78 is 14.8. The number of benzene rings is 3. The van der Waals surface area contributed by atoms with E-state index in [4.69, 9.17) is 5.73 Å². The Balaban J connectivity index is 1.98. The van der Waals surface area contributed by atoms with Crippen molar-refractivity contribution in [3.8, 4) is 0 Å². The first-order chi connectivity index (χ1) is 12.0. The SMILES string of the molecule is Nc1ccc(N(C(=O)Cc2cc(Br)ccc2F)c2ccccc2)cc1. The van der Waals surface area contributed by atoms with Gasteiger partial charge < -0.3 is 5.73 Å². The third-order valence-electron chi connectivity index (χ3n) is 3.76. The molecule has 0 aliphatic rings. The van der Waals surface area contributed by atoms with Crippen LogP contribution in [0.1, 0.15) is 5.56 Å². The van der Waals surface area contributed by atoms with Crippen molar-refractivity contribution >= 4 is 38.9 Å². The maximum absolute atomic E-state index is 14.0. The van der Waals surface area contributed by atoms with E-state index in [0.717, 1.165) is 4.47 Å². The molecule has 3 aromatic carbocycles. The van der Waals surface area contributed by atoms with E-state index >= 15 is 0 Å². The van der Waals surface area contributed by atoms with Gasteiger partial charge in [0, 0.05) is 21.5 Å². The predicted octanol–water partition coefficient (Wildman–Crippen LogP) is 5.08. The number of amides is 1. The largest absolute Gasteiger partial charge is 0.399 e. The maximum Gasteiger partial charge on any atom is 0.236 e. The molecule has 5 heteroatoms. The summed E-state index contributed by atoms with van der Waals surface area (Å²) in [5.74, 6) is -0.630. The molecule has 0 saturated heterocycles. The topological polar surface area (TPSA) is 46.3 Å². The van der Waals surface area contributed by atoms with E-state index in [9.17, 15) is 9.18 Å². The lowest BCUT2D eigenvalue weighted by molar-refractivity contribution is -0.117. The van der Waals surface area contributed by atoms with E-state index in [-0.39, 0.29) is 12.3 Å². The lowest BCUT2D eigenvalue weighted by atomic mass is 10.1. The summed E-state index contributed by atoms with van der Waals surface area (Å²) >= 11 is 3.32. The van der Waals surface area contributed by atoms with Gasteiger partial charge in [0.25, 0.3) is 0 Å². The van der Waals surface area contributed by atoms with Gasteiger partial charge in [-0.05, 0) is 60.2 Å². The van der Waals surface area contributed by atoms with Crippen LogP contribution < -0.4 is 10.6 Å². The first-order valence-electron chi connectivity index (χ1n) is 7.72. The van der Waals surface area contributed by atoms with Crippen LogP contribution in [-0.2, 0) is 11.2 Å². The molecule has 3 rings (SSSR count). The fourth-order valence-corrected chi connectivity index (χ4v) is 2.97. The third-order valence-corrected chi connectivity index (χ3v) is 4.26. The minimum Gasteiger partial charge on any atom is -0.399 e. The summed E-state index contributed by atoms with van der Waals surface area (Å²) in [4.78, 5) is 14.5. The highest BCUT2D eigenvalue weighted by Gasteiger charge is 2.19. The van der Waals surface area contributed by atoms with Crippen LogP contribution in [0.3, 0.4) is 0 Å². The second-order valence-electron chi connectivity index (χ2n) is 5.57. The number of carbonyl (C=O) groups is 1. The van der Waals surface area contributed by atoms with Crippen LogP contribution >= 0.6 is 15.9 Å². The van der Waals surface area contributed by atoms with Gasteiger partial charge in [-0.3, -0.25) is 9.69 Å². The van der Waals surface area contributed by atoms with Crippen LogP contribution in [0.2, 0.25) is 0 Å². The molecule has 0 aliphatic heterocycles. The van der Waals surface area contributed by atoms with Crippen molar-refractivity contribution in [3.05, 3.63) is 88.6 Å². The number of nitrogen functional groups attached to an aromatic ring is 1. The first kappa shape index (κ1) is 17.2. The molecule has 126 valence electrons. The zero-order chi connectivity index (χ0) is 17.8. The van der Waals surface area contributed by atoms with Crippen LogP contribution in [0, 0.1) is 5.82 Å². The minimum atomic E-state index is -0.401. The van der Waals surface area contributed by atoms with Crippen LogP contribution in [0.15, 0.2) is 77.3 Å². The number of nitrogens with zero attached hydrogens (tertiary/aromatic N) is 1. The molecule has 0 aliphatic carbocycles. The van der Waals surface area contributed by atoms with Gasteiger partial charge in [-0.1, -0.05) is 34.1 Å². The van der Waals surface area contributed by atoms with Crippen molar-refractivity contribution in [2.45, 2.75) is 6.42 Å². The molecule has 3 aromatic rings. The summed E-state index contributed by atoms with van der Waals surface area (Å²) in [5, 5.41) is 0. The summed E-state index contributed by atoms with van der Waals surface area (Å²) in [5.41, 5.74) is 8.10. The van der Waals surface area contributed by atoms with Gasteiger partial charge in [0.1, 0.15) is 5.82 Å². The number of halogens is 2. The Morgan fingerprint density at radius 2 is 1.60 bits per heavy atom. The predicted molar refractivity (Wildman–Crippen MR) is 102 cm³/mol. The van der Waals surface area contributed by atoms with Gasteiger partial charge in [-0.25, -0.2) is 4.39 Å². The highest BCUT2D eigenvalue weighted by Crippen LogP contribution is 2.27. The number of hydrogen-bond donors (Lipinski definition) is 1. The monoisotopic (exact) mass is 398 g/mol. The molecule has 0 spiro atoms. The zero-order valence-corrected chi connectivity index (χ0v) is 14.9. The Bertz CT molecular complexity index is 882. The summed E-state index contributed by atoms with van der Waals surface area (Å²) in [7, 11) is 0. The van der Waals surface area contributed by atoms with Crippen molar-refractivity contribution in [1.29, 1.82) is 0 Å². The fraction of sp³-hybridized carbons (Fsp3) is 0.0500. The molecule has 0 heterocycles. The summed E-state index contributed by atoms with van der Waals surface area (Å²) in [6.45, 7) is 0. The average Bonchev–Trinajstić information content (AvgIpc) is 2.61. The van der Waals surface area contributed by atoms with Crippen molar-refractivity contribution in [1.82, 2.24) is 0 Å². The Morgan fingerprint density at radius 1 is 0.960 bits per heavy atom. The van der Waals surface area contributed by atoms with Gasteiger partial charge in [0.2, 0.25) is 5.91 Å². The number of anilines is 3. The van der Waals surface area contributed by atoms with Crippen LogP contribution in [0.5, 0.6) is 0 Å². The quantitative estimate of drug-likeness (QED) is 0.622. The van der Waals surface area contributed by atoms with Gasteiger partial charge in [0.05, 0.1) is 6.42 Å². The lowest BCUT2D eigenvalue weighted by Crippen LogP contribution is -2.27. The number of para-hydroxylation sites is 1. The smallest absolute Gasteiger partial charge is 0.236 e. The van der Waals surface area contributed by atoms with E-state index in [2.05, 4.69) is 15.9 Å². The zero-order valence-electron chi connectivity index (χ0n) is 13.3. The molecule has 1 amide bonds. The Kier molecular flexibility index (Phi) is 5.14. The van der Waals surface area contributed by atoms with E-state index in [0.29, 0.717) is 22.6 Å². The molecule has 0 unspecified atom stereocenters. The Morgan fingerprint density at radius 3 is 2.28 bits per heavy atom. The lowest BCUT2D eigenvalue weighted by Gasteiger charge is -2.23. The maximum atomic E-state index is 14.0. The van der Waals surface area contributed by atoms with Gasteiger partial charge in [-0.2, -0.15) is 0 Å². The molecule has 3 nitrogen and oxygen atoms in total. The number of carbonyl (C=O) groups excluding carboxylic acids is 1. The first-order valence-corrected chi connectivity index (χ1v) is 8.51. The molecule has 0 aromatic heterocycles. The van der Waals surface area contributed by atoms with Crippen LogP contribution in [-0.4, -0.2) is 5.91 Å². The minimum absolute atomic E-state index is 0.0510. The van der Waals surface area contributed by atoms with Gasteiger partial charge >= 0.3 is 0 Å². The third kappa shape index (κ3) is 4.06. The molecular weight excluding hydrogens is 383 g/mol.